The van der Waals surface area contributed by atoms with Gasteiger partial charge in [0.25, 0.3) is 5.91 Å². The average molecular weight is 360 g/mol. The van der Waals surface area contributed by atoms with Crippen LogP contribution >= 0.6 is 11.8 Å². The number of carbonyl (C=O) groups is 1. The molecule has 1 fully saturated rings. The highest BCUT2D eigenvalue weighted by Gasteiger charge is 2.24. The third-order valence-corrected chi connectivity index (χ3v) is 4.93. The van der Waals surface area contributed by atoms with Gasteiger partial charge >= 0.3 is 0 Å². The number of para-hydroxylation sites is 1. The largest absolute Gasteiger partial charge is 0.496 e. The molecule has 0 unspecified atom stereocenters. The highest BCUT2D eigenvalue weighted by molar-refractivity contribution is 8.18. The molecule has 26 heavy (non-hydrogen) atoms. The maximum absolute atomic E-state index is 12.3. The number of amidine groups is 1. The van der Waals surface area contributed by atoms with Crippen LogP contribution in [0.1, 0.15) is 5.56 Å². The summed E-state index contributed by atoms with van der Waals surface area (Å²) in [5, 5.41) is 5.59. The van der Waals surface area contributed by atoms with Crippen molar-refractivity contribution in [3.63, 3.8) is 0 Å². The Morgan fingerprint density at radius 2 is 1.69 bits per heavy atom. The van der Waals surface area contributed by atoms with E-state index in [2.05, 4.69) is 10.3 Å². The number of carbonyl (C=O) groups excluding carboxylic acids is 1. The van der Waals surface area contributed by atoms with E-state index >= 15 is 0 Å². The molecule has 3 aromatic rings. The number of fused-ring (bicyclic) bond motifs is 1. The molecule has 0 spiro atoms. The van der Waals surface area contributed by atoms with E-state index in [0.29, 0.717) is 10.1 Å². The van der Waals surface area contributed by atoms with Crippen molar-refractivity contribution < 1.29 is 9.53 Å². The van der Waals surface area contributed by atoms with E-state index in [-0.39, 0.29) is 5.91 Å². The first-order chi connectivity index (χ1) is 12.7. The number of aliphatic imine (C=N–C) groups is 1. The molecule has 4 rings (SSSR count). The fourth-order valence-electron chi connectivity index (χ4n) is 2.77. The van der Waals surface area contributed by atoms with Crippen LogP contribution in [0.3, 0.4) is 0 Å². The van der Waals surface area contributed by atoms with Crippen molar-refractivity contribution in [1.29, 1.82) is 0 Å². The van der Waals surface area contributed by atoms with Crippen molar-refractivity contribution in [1.82, 2.24) is 5.32 Å². The Hall–Kier alpha value is -3.05. The van der Waals surface area contributed by atoms with Gasteiger partial charge in [0.05, 0.1) is 17.7 Å². The molecule has 1 heterocycles. The van der Waals surface area contributed by atoms with Crippen LogP contribution in [0.4, 0.5) is 5.69 Å². The Kier molecular flexibility index (Phi) is 4.46. The van der Waals surface area contributed by atoms with Crippen LogP contribution in [0, 0.1) is 0 Å². The standard InChI is InChI=1S/C21H16N2O2S/c1-25-18-12-15-8-6-5-7-14(15)11-16(18)13-19-20(24)23-21(26-19)22-17-9-3-2-4-10-17/h2-13H,1H3,(H,22,23,24). The number of nitrogens with zero attached hydrogens (tertiary/aromatic N) is 1. The lowest BCUT2D eigenvalue weighted by atomic mass is 10.1. The molecule has 1 amide bonds. The fraction of sp³-hybridized carbons (Fsp3) is 0.0476. The number of amides is 1. The molecule has 0 radical (unpaired) electrons. The zero-order chi connectivity index (χ0) is 17.9. The van der Waals surface area contributed by atoms with Crippen LogP contribution in [0.25, 0.3) is 16.8 Å². The summed E-state index contributed by atoms with van der Waals surface area (Å²) in [6.45, 7) is 0. The Morgan fingerprint density at radius 3 is 2.42 bits per heavy atom. The van der Waals surface area contributed by atoms with Crippen molar-refractivity contribution in [2.24, 2.45) is 4.99 Å². The Balaban J connectivity index is 1.69. The van der Waals surface area contributed by atoms with E-state index in [1.165, 1.54) is 11.8 Å². The van der Waals surface area contributed by atoms with Crippen molar-refractivity contribution in [2.75, 3.05) is 7.11 Å². The second-order valence-corrected chi connectivity index (χ2v) is 6.79. The van der Waals surface area contributed by atoms with Gasteiger partial charge in [0.2, 0.25) is 0 Å². The third kappa shape index (κ3) is 3.34. The fourth-order valence-corrected chi connectivity index (χ4v) is 3.60. The summed E-state index contributed by atoms with van der Waals surface area (Å²) in [4.78, 5) is 17.4. The van der Waals surface area contributed by atoms with E-state index in [9.17, 15) is 4.79 Å². The highest BCUT2D eigenvalue weighted by atomic mass is 32.2. The predicted molar refractivity (Wildman–Crippen MR) is 108 cm³/mol. The number of benzene rings is 3. The molecule has 1 aliphatic heterocycles. The first-order valence-corrected chi connectivity index (χ1v) is 8.96. The van der Waals surface area contributed by atoms with Crippen LogP contribution in [-0.4, -0.2) is 18.2 Å². The first kappa shape index (κ1) is 16.4. The number of methoxy groups -OCH3 is 1. The second-order valence-electron chi connectivity index (χ2n) is 5.76. The van der Waals surface area contributed by atoms with Gasteiger partial charge in [-0.1, -0.05) is 42.5 Å². The molecule has 5 heteroatoms. The van der Waals surface area contributed by atoms with Crippen LogP contribution in [0.15, 0.2) is 76.6 Å². The Morgan fingerprint density at radius 1 is 1.00 bits per heavy atom. The lowest BCUT2D eigenvalue weighted by Gasteiger charge is -2.07. The van der Waals surface area contributed by atoms with Gasteiger partial charge in [-0.3, -0.25) is 4.79 Å². The number of nitrogens with one attached hydrogen (secondary N) is 1. The Bertz CT molecular complexity index is 1040. The molecular formula is C21H16N2O2S. The van der Waals surface area contributed by atoms with E-state index in [0.717, 1.165) is 27.8 Å². The lowest BCUT2D eigenvalue weighted by molar-refractivity contribution is -0.115. The molecule has 128 valence electrons. The van der Waals surface area contributed by atoms with Crippen LogP contribution in [0.2, 0.25) is 0 Å². The summed E-state index contributed by atoms with van der Waals surface area (Å²) >= 11 is 1.33. The molecule has 1 saturated heterocycles. The van der Waals surface area contributed by atoms with Gasteiger partial charge < -0.3 is 10.1 Å². The molecule has 1 aliphatic rings. The minimum absolute atomic E-state index is 0.153. The smallest absolute Gasteiger partial charge is 0.264 e. The van der Waals surface area contributed by atoms with Gasteiger partial charge in [0, 0.05) is 5.56 Å². The molecule has 0 aliphatic carbocycles. The summed E-state index contributed by atoms with van der Waals surface area (Å²) in [6.07, 6.45) is 1.85. The van der Waals surface area contributed by atoms with Gasteiger partial charge in [-0.15, -0.1) is 0 Å². The Labute approximate surface area is 155 Å². The minimum Gasteiger partial charge on any atom is -0.496 e. The predicted octanol–water partition coefficient (Wildman–Crippen LogP) is 4.74. The molecule has 0 saturated carbocycles. The van der Waals surface area contributed by atoms with Gasteiger partial charge in [0.15, 0.2) is 5.17 Å². The first-order valence-electron chi connectivity index (χ1n) is 8.14. The molecule has 0 bridgehead atoms. The number of hydrogen-bond donors (Lipinski definition) is 1. The zero-order valence-electron chi connectivity index (χ0n) is 14.1. The number of thioether (sulfide) groups is 1. The third-order valence-electron chi connectivity index (χ3n) is 4.02. The maximum Gasteiger partial charge on any atom is 0.264 e. The molecule has 4 nitrogen and oxygen atoms in total. The molecule has 0 atom stereocenters. The van der Waals surface area contributed by atoms with Crippen LogP contribution in [-0.2, 0) is 4.79 Å². The van der Waals surface area contributed by atoms with Crippen molar-refractivity contribution >= 4 is 45.4 Å². The van der Waals surface area contributed by atoms with Gasteiger partial charge in [0.1, 0.15) is 5.75 Å². The normalized spacial score (nSPS) is 17.0. The summed E-state index contributed by atoms with van der Waals surface area (Å²) in [5.74, 6) is 0.581. The quantitative estimate of drug-likeness (QED) is 0.687. The van der Waals surface area contributed by atoms with Gasteiger partial charge in [-0.2, -0.15) is 0 Å². The van der Waals surface area contributed by atoms with E-state index in [1.807, 2.05) is 72.8 Å². The van der Waals surface area contributed by atoms with Gasteiger partial charge in [-0.25, -0.2) is 4.99 Å². The summed E-state index contributed by atoms with van der Waals surface area (Å²) in [6, 6.07) is 21.6. The molecule has 1 N–H and O–H groups in total. The number of rotatable bonds is 3. The summed E-state index contributed by atoms with van der Waals surface area (Å²) in [7, 11) is 1.64. The van der Waals surface area contributed by atoms with E-state index in [4.69, 9.17) is 4.74 Å². The second kappa shape index (κ2) is 7.06. The van der Waals surface area contributed by atoms with Crippen molar-refractivity contribution in [2.45, 2.75) is 0 Å². The van der Waals surface area contributed by atoms with Gasteiger partial charge in [-0.05, 0) is 52.9 Å². The maximum atomic E-state index is 12.3. The number of hydrogen-bond acceptors (Lipinski definition) is 4. The number of ether oxygens (including phenoxy) is 1. The van der Waals surface area contributed by atoms with Crippen LogP contribution in [0.5, 0.6) is 5.75 Å². The van der Waals surface area contributed by atoms with Crippen molar-refractivity contribution in [3.05, 3.63) is 77.2 Å². The minimum atomic E-state index is -0.153. The van der Waals surface area contributed by atoms with Crippen molar-refractivity contribution in [3.8, 4) is 5.75 Å². The molecule has 0 aromatic heterocycles. The van der Waals surface area contributed by atoms with E-state index in [1.54, 1.807) is 7.11 Å². The summed E-state index contributed by atoms with van der Waals surface area (Å²) < 4.78 is 5.51. The van der Waals surface area contributed by atoms with E-state index < -0.39 is 0 Å². The SMILES string of the molecule is COc1cc2ccccc2cc1C=C1SC(=Nc2ccccc2)NC1=O. The van der Waals surface area contributed by atoms with Crippen LogP contribution < -0.4 is 10.1 Å². The zero-order valence-corrected chi connectivity index (χ0v) is 14.9. The lowest BCUT2D eigenvalue weighted by Crippen LogP contribution is -2.19. The molecule has 3 aromatic carbocycles. The highest BCUT2D eigenvalue weighted by Crippen LogP contribution is 2.32. The molecular weight excluding hydrogens is 344 g/mol. The average Bonchev–Trinajstić information content (AvgIpc) is 3.01. The summed E-state index contributed by atoms with van der Waals surface area (Å²) in [5.41, 5.74) is 1.67. The topological polar surface area (TPSA) is 50.7 Å². The monoisotopic (exact) mass is 360 g/mol.